The molecule has 0 saturated carbocycles. The number of hydrogen-bond donors (Lipinski definition) is 2. The van der Waals surface area contributed by atoms with Crippen molar-refractivity contribution in [2.24, 2.45) is 11.7 Å². The number of rotatable bonds is 2. The van der Waals surface area contributed by atoms with Crippen molar-refractivity contribution in [3.8, 4) is 0 Å². The minimum absolute atomic E-state index is 0.101. The van der Waals surface area contributed by atoms with Crippen molar-refractivity contribution in [3.63, 3.8) is 0 Å². The zero-order chi connectivity index (χ0) is 10.6. The van der Waals surface area contributed by atoms with E-state index in [0.29, 0.717) is 0 Å². The summed E-state index contributed by atoms with van der Waals surface area (Å²) in [7, 11) is 0. The van der Waals surface area contributed by atoms with Crippen LogP contribution in [0.15, 0.2) is 0 Å². The Labute approximate surface area is 85.8 Å². The zero-order valence-corrected chi connectivity index (χ0v) is 9.12. The maximum Gasteiger partial charge on any atom is 0.239 e. The molecule has 0 aromatic rings. The summed E-state index contributed by atoms with van der Waals surface area (Å²) in [6.45, 7) is 7.49. The Hall–Kier alpha value is -0.610. The van der Waals surface area contributed by atoms with Crippen LogP contribution in [0.25, 0.3) is 0 Å². The second kappa shape index (κ2) is 5.32. The van der Waals surface area contributed by atoms with Gasteiger partial charge in [-0.25, -0.2) is 0 Å². The SMILES string of the molecule is CC(C)[C@H](N)C(=O)N1CCCNCC1. The average Bonchev–Trinajstić information content (AvgIpc) is 2.43. The summed E-state index contributed by atoms with van der Waals surface area (Å²) in [6, 6.07) is -0.340. The van der Waals surface area contributed by atoms with E-state index >= 15 is 0 Å². The molecular formula is C10H21N3O. The largest absolute Gasteiger partial charge is 0.340 e. The minimum atomic E-state index is -0.340. The number of nitrogens with zero attached hydrogens (tertiary/aromatic N) is 1. The van der Waals surface area contributed by atoms with E-state index in [1.165, 1.54) is 0 Å². The summed E-state index contributed by atoms with van der Waals surface area (Å²) in [5.74, 6) is 0.322. The van der Waals surface area contributed by atoms with Gasteiger partial charge >= 0.3 is 0 Å². The van der Waals surface area contributed by atoms with Crippen molar-refractivity contribution in [3.05, 3.63) is 0 Å². The third-order valence-corrected chi connectivity index (χ3v) is 2.66. The highest BCUT2D eigenvalue weighted by atomic mass is 16.2. The number of nitrogens with one attached hydrogen (secondary N) is 1. The van der Waals surface area contributed by atoms with E-state index in [4.69, 9.17) is 5.73 Å². The smallest absolute Gasteiger partial charge is 0.239 e. The van der Waals surface area contributed by atoms with Gasteiger partial charge in [-0.3, -0.25) is 4.79 Å². The van der Waals surface area contributed by atoms with E-state index < -0.39 is 0 Å². The summed E-state index contributed by atoms with van der Waals surface area (Å²) in [6.07, 6.45) is 1.02. The quantitative estimate of drug-likeness (QED) is 0.647. The van der Waals surface area contributed by atoms with Crippen molar-refractivity contribution in [1.29, 1.82) is 0 Å². The summed E-state index contributed by atoms with van der Waals surface area (Å²) >= 11 is 0. The fourth-order valence-electron chi connectivity index (χ4n) is 1.56. The molecule has 82 valence electrons. The molecule has 0 radical (unpaired) electrons. The van der Waals surface area contributed by atoms with Crippen molar-refractivity contribution in [2.75, 3.05) is 26.2 Å². The molecule has 0 bridgehead atoms. The second-order valence-electron chi connectivity index (χ2n) is 4.20. The van der Waals surface area contributed by atoms with Gasteiger partial charge in [-0.15, -0.1) is 0 Å². The number of hydrogen-bond acceptors (Lipinski definition) is 3. The topological polar surface area (TPSA) is 58.4 Å². The van der Waals surface area contributed by atoms with Gasteiger partial charge in [-0.05, 0) is 18.9 Å². The van der Waals surface area contributed by atoms with Crippen LogP contribution in [0.5, 0.6) is 0 Å². The Kier molecular flexibility index (Phi) is 4.35. The first-order valence-corrected chi connectivity index (χ1v) is 5.38. The van der Waals surface area contributed by atoms with E-state index in [0.717, 1.165) is 32.6 Å². The summed E-state index contributed by atoms with van der Waals surface area (Å²) in [4.78, 5) is 13.7. The van der Waals surface area contributed by atoms with Crippen molar-refractivity contribution in [2.45, 2.75) is 26.3 Å². The van der Waals surface area contributed by atoms with Gasteiger partial charge in [0, 0.05) is 19.6 Å². The summed E-state index contributed by atoms with van der Waals surface area (Å²) in [5, 5.41) is 3.27. The van der Waals surface area contributed by atoms with Gasteiger partial charge in [-0.2, -0.15) is 0 Å². The maximum absolute atomic E-state index is 11.9. The highest BCUT2D eigenvalue weighted by molar-refractivity contribution is 5.81. The van der Waals surface area contributed by atoms with Crippen LogP contribution in [0.3, 0.4) is 0 Å². The fraction of sp³-hybridized carbons (Fsp3) is 0.900. The van der Waals surface area contributed by atoms with E-state index in [9.17, 15) is 4.79 Å². The van der Waals surface area contributed by atoms with E-state index in [1.807, 2.05) is 18.7 Å². The first-order valence-electron chi connectivity index (χ1n) is 5.38. The summed E-state index contributed by atoms with van der Waals surface area (Å²) < 4.78 is 0. The third-order valence-electron chi connectivity index (χ3n) is 2.66. The van der Waals surface area contributed by atoms with E-state index in [2.05, 4.69) is 5.32 Å². The Balaban J connectivity index is 2.49. The zero-order valence-electron chi connectivity index (χ0n) is 9.12. The van der Waals surface area contributed by atoms with Crippen LogP contribution in [-0.2, 0) is 4.79 Å². The minimum Gasteiger partial charge on any atom is -0.340 e. The lowest BCUT2D eigenvalue weighted by atomic mass is 10.0. The Bertz CT molecular complexity index is 186. The van der Waals surface area contributed by atoms with E-state index in [1.54, 1.807) is 0 Å². The first-order chi connectivity index (χ1) is 6.63. The number of carbonyl (C=O) groups is 1. The van der Waals surface area contributed by atoms with Gasteiger partial charge < -0.3 is 16.0 Å². The predicted octanol–water partition coefficient (Wildman–Crippen LogP) is -0.208. The molecule has 0 aromatic carbocycles. The van der Waals surface area contributed by atoms with Gasteiger partial charge in [0.25, 0.3) is 0 Å². The van der Waals surface area contributed by atoms with Gasteiger partial charge in [0.2, 0.25) is 5.91 Å². The van der Waals surface area contributed by atoms with Crippen molar-refractivity contribution in [1.82, 2.24) is 10.2 Å². The highest BCUT2D eigenvalue weighted by Gasteiger charge is 2.23. The lowest BCUT2D eigenvalue weighted by Gasteiger charge is -2.25. The molecule has 0 aromatic heterocycles. The van der Waals surface area contributed by atoms with Crippen LogP contribution in [0.1, 0.15) is 20.3 Å². The molecule has 1 rings (SSSR count). The Morgan fingerprint density at radius 3 is 2.71 bits per heavy atom. The molecule has 1 aliphatic heterocycles. The molecule has 1 fully saturated rings. The third kappa shape index (κ3) is 2.96. The molecule has 1 heterocycles. The van der Waals surface area contributed by atoms with Gasteiger partial charge in [0.1, 0.15) is 0 Å². The molecule has 0 aliphatic carbocycles. The molecule has 0 unspecified atom stereocenters. The molecule has 1 saturated heterocycles. The highest BCUT2D eigenvalue weighted by Crippen LogP contribution is 2.05. The van der Waals surface area contributed by atoms with E-state index in [-0.39, 0.29) is 17.9 Å². The van der Waals surface area contributed by atoms with Crippen LogP contribution in [0.2, 0.25) is 0 Å². The van der Waals surface area contributed by atoms with Gasteiger partial charge in [-0.1, -0.05) is 13.8 Å². The normalized spacial score (nSPS) is 20.7. The van der Waals surface area contributed by atoms with Crippen molar-refractivity contribution >= 4 is 5.91 Å². The predicted molar refractivity (Wildman–Crippen MR) is 56.9 cm³/mol. The molecule has 14 heavy (non-hydrogen) atoms. The molecule has 1 amide bonds. The molecule has 4 heteroatoms. The molecule has 3 N–H and O–H groups in total. The van der Waals surface area contributed by atoms with Crippen molar-refractivity contribution < 1.29 is 4.79 Å². The number of amides is 1. The van der Waals surface area contributed by atoms with Crippen LogP contribution in [-0.4, -0.2) is 43.0 Å². The lowest BCUT2D eigenvalue weighted by molar-refractivity contribution is -0.133. The van der Waals surface area contributed by atoms with Gasteiger partial charge in [0.05, 0.1) is 6.04 Å². The molecule has 4 nitrogen and oxygen atoms in total. The molecule has 1 atom stereocenters. The number of carbonyl (C=O) groups excluding carboxylic acids is 1. The average molecular weight is 199 g/mol. The van der Waals surface area contributed by atoms with Crippen LogP contribution in [0, 0.1) is 5.92 Å². The van der Waals surface area contributed by atoms with Crippen LogP contribution in [0.4, 0.5) is 0 Å². The van der Waals surface area contributed by atoms with Gasteiger partial charge in [0.15, 0.2) is 0 Å². The van der Waals surface area contributed by atoms with Crippen LogP contribution >= 0.6 is 0 Å². The maximum atomic E-state index is 11.9. The monoisotopic (exact) mass is 199 g/mol. The standard InChI is InChI=1S/C10H21N3O/c1-8(2)9(11)10(14)13-6-3-4-12-5-7-13/h8-9,12H,3-7,11H2,1-2H3/t9-/m0/s1. The number of nitrogens with two attached hydrogens (primary N) is 1. The summed E-state index contributed by atoms with van der Waals surface area (Å²) in [5.41, 5.74) is 5.83. The Morgan fingerprint density at radius 1 is 1.36 bits per heavy atom. The second-order valence-corrected chi connectivity index (χ2v) is 4.20. The molecular weight excluding hydrogens is 178 g/mol. The molecule has 1 aliphatic rings. The fourth-order valence-corrected chi connectivity index (χ4v) is 1.56. The molecule has 0 spiro atoms. The Morgan fingerprint density at radius 2 is 2.07 bits per heavy atom. The lowest BCUT2D eigenvalue weighted by Crippen LogP contribution is -2.47. The van der Waals surface area contributed by atoms with Crippen LogP contribution < -0.4 is 11.1 Å². The first kappa shape index (κ1) is 11.5.